The number of halogens is 1. The van der Waals surface area contributed by atoms with Gasteiger partial charge in [0.05, 0.1) is 18.5 Å². The number of benzene rings is 2. The molecule has 0 saturated heterocycles. The number of aromatic nitrogens is 2. The lowest BCUT2D eigenvalue weighted by Crippen LogP contribution is -2.11. The number of aliphatic carboxylic acids is 2. The lowest BCUT2D eigenvalue weighted by atomic mass is 10.1. The van der Waals surface area contributed by atoms with E-state index in [-0.39, 0.29) is 6.79 Å². The van der Waals surface area contributed by atoms with Gasteiger partial charge in [-0.25, -0.2) is 14.6 Å². The normalized spacial score (nSPS) is 11.5. The lowest BCUT2D eigenvalue weighted by Gasteiger charge is -2.14. The molecule has 0 unspecified atom stereocenters. The number of imidazole rings is 1. The largest absolute Gasteiger partial charge is 0.473 e. The number of carbonyl (C=O) groups is 2. The van der Waals surface area contributed by atoms with Crippen LogP contribution in [0.2, 0.25) is 5.02 Å². The highest BCUT2D eigenvalue weighted by Crippen LogP contribution is 2.36. The highest BCUT2D eigenvalue weighted by atomic mass is 35.5. The van der Waals surface area contributed by atoms with E-state index in [1.54, 1.807) is 7.11 Å². The van der Waals surface area contributed by atoms with Crippen LogP contribution in [-0.4, -0.2) is 52.2 Å². The van der Waals surface area contributed by atoms with E-state index in [9.17, 15) is 0 Å². The molecule has 2 aromatic carbocycles. The van der Waals surface area contributed by atoms with Crippen molar-refractivity contribution >= 4 is 29.5 Å². The summed E-state index contributed by atoms with van der Waals surface area (Å²) in [6.07, 6.45) is 1.85. The maximum atomic E-state index is 9.10. The molecule has 0 saturated carbocycles. The molecule has 4 rings (SSSR count). The molecule has 1 aromatic heterocycles. The summed E-state index contributed by atoms with van der Waals surface area (Å²) >= 11 is 6.26. The summed E-state index contributed by atoms with van der Waals surface area (Å²) in [7, 11) is 1.69. The topological polar surface area (TPSA) is 132 Å². The molecule has 0 amide bonds. The molecule has 0 bridgehead atoms. The number of methoxy groups -OCH3 is 1. The quantitative estimate of drug-likeness (QED) is 0.440. The fourth-order valence-electron chi connectivity index (χ4n) is 3.03. The summed E-state index contributed by atoms with van der Waals surface area (Å²) in [6.45, 7) is 2.09. The van der Waals surface area contributed by atoms with Gasteiger partial charge in [-0.3, -0.25) is 0 Å². The smallest absolute Gasteiger partial charge is 0.414 e. The van der Waals surface area contributed by atoms with Crippen molar-refractivity contribution in [3.05, 3.63) is 59.2 Å². The Morgan fingerprint density at radius 1 is 1.15 bits per heavy atom. The second kappa shape index (κ2) is 11.2. The van der Waals surface area contributed by atoms with E-state index >= 15 is 0 Å². The van der Waals surface area contributed by atoms with Gasteiger partial charge in [0, 0.05) is 30.8 Å². The number of anilines is 1. The summed E-state index contributed by atoms with van der Waals surface area (Å²) in [6, 6.07) is 13.7. The first-order chi connectivity index (χ1) is 15.9. The van der Waals surface area contributed by atoms with Crippen molar-refractivity contribution in [2.75, 3.05) is 25.8 Å². The van der Waals surface area contributed by atoms with Crippen LogP contribution >= 0.6 is 11.6 Å². The number of fused-ring (bicyclic) bond motifs is 1. The average molecular weight is 476 g/mol. The van der Waals surface area contributed by atoms with E-state index in [0.717, 1.165) is 39.3 Å². The Kier molecular flexibility index (Phi) is 8.11. The van der Waals surface area contributed by atoms with Gasteiger partial charge in [0.15, 0.2) is 11.5 Å². The summed E-state index contributed by atoms with van der Waals surface area (Å²) < 4.78 is 18.3. The number of hydrogen-bond acceptors (Lipinski definition) is 7. The highest BCUT2D eigenvalue weighted by Gasteiger charge is 2.17. The first-order valence-electron chi connectivity index (χ1n) is 9.78. The molecule has 11 heteroatoms. The Balaban J connectivity index is 0.000000454. The van der Waals surface area contributed by atoms with Gasteiger partial charge < -0.3 is 34.3 Å². The van der Waals surface area contributed by atoms with Crippen molar-refractivity contribution in [1.82, 2.24) is 9.55 Å². The van der Waals surface area contributed by atoms with Crippen molar-refractivity contribution < 1.29 is 34.0 Å². The number of nitrogens with one attached hydrogen (secondary N) is 1. The molecule has 0 aliphatic carbocycles. The van der Waals surface area contributed by atoms with E-state index in [4.69, 9.17) is 45.6 Å². The zero-order valence-electron chi connectivity index (χ0n) is 17.7. The molecule has 3 aromatic rings. The molecule has 3 N–H and O–H groups in total. The standard InChI is InChI=1S/C20H20ClN3O3.C2H2O4/c1-25-9-8-24-17(14-6-7-18-19(10-14)27-13-26-18)12-23-20(24)22-11-15-4-2-3-5-16(15)21;3-1(4)2(5)6/h2-7,10,12H,8-9,11,13H2,1H3,(H,22,23);(H,3,4)(H,5,6). The second-order valence-corrected chi connectivity index (χ2v) is 7.14. The highest BCUT2D eigenvalue weighted by molar-refractivity contribution is 6.31. The maximum Gasteiger partial charge on any atom is 0.414 e. The van der Waals surface area contributed by atoms with Gasteiger partial charge in [-0.15, -0.1) is 0 Å². The molecule has 1 aliphatic rings. The summed E-state index contributed by atoms with van der Waals surface area (Å²) in [4.78, 5) is 22.8. The van der Waals surface area contributed by atoms with E-state index in [2.05, 4.69) is 14.9 Å². The van der Waals surface area contributed by atoms with Crippen LogP contribution in [-0.2, 0) is 27.4 Å². The van der Waals surface area contributed by atoms with Crippen molar-refractivity contribution in [1.29, 1.82) is 0 Å². The minimum Gasteiger partial charge on any atom is -0.473 e. The van der Waals surface area contributed by atoms with Crippen LogP contribution in [0.4, 0.5) is 5.95 Å². The van der Waals surface area contributed by atoms with Crippen molar-refractivity contribution in [2.45, 2.75) is 13.1 Å². The van der Waals surface area contributed by atoms with Crippen LogP contribution in [0.5, 0.6) is 11.5 Å². The van der Waals surface area contributed by atoms with Crippen molar-refractivity contribution in [3.63, 3.8) is 0 Å². The van der Waals surface area contributed by atoms with Crippen molar-refractivity contribution in [2.24, 2.45) is 0 Å². The zero-order chi connectivity index (χ0) is 23.8. The number of hydrogen-bond donors (Lipinski definition) is 3. The van der Waals surface area contributed by atoms with Crippen LogP contribution in [0.15, 0.2) is 48.7 Å². The molecule has 0 fully saturated rings. The molecular formula is C22H22ClN3O7. The Morgan fingerprint density at radius 2 is 1.88 bits per heavy atom. The fourth-order valence-corrected chi connectivity index (χ4v) is 3.23. The van der Waals surface area contributed by atoms with Crippen LogP contribution in [0.25, 0.3) is 11.3 Å². The van der Waals surface area contributed by atoms with Gasteiger partial charge in [0.2, 0.25) is 12.7 Å². The van der Waals surface area contributed by atoms with E-state index in [0.29, 0.717) is 19.7 Å². The van der Waals surface area contributed by atoms with Crippen LogP contribution in [0.1, 0.15) is 5.56 Å². The monoisotopic (exact) mass is 475 g/mol. The average Bonchev–Trinajstić information content (AvgIpc) is 3.43. The molecule has 10 nitrogen and oxygen atoms in total. The number of rotatable bonds is 7. The predicted molar refractivity (Wildman–Crippen MR) is 120 cm³/mol. The third-order valence-electron chi connectivity index (χ3n) is 4.62. The molecule has 0 atom stereocenters. The molecule has 0 spiro atoms. The first kappa shape index (κ1) is 23.9. The fraction of sp³-hybridized carbons (Fsp3) is 0.227. The van der Waals surface area contributed by atoms with Crippen LogP contribution in [0, 0.1) is 0 Å². The molecule has 2 heterocycles. The Morgan fingerprint density at radius 3 is 2.58 bits per heavy atom. The van der Waals surface area contributed by atoms with Gasteiger partial charge in [-0.05, 0) is 29.8 Å². The number of nitrogens with zero attached hydrogens (tertiary/aromatic N) is 2. The SMILES string of the molecule is COCCn1c(-c2ccc3c(c2)OCO3)cnc1NCc1ccccc1Cl.O=C(O)C(=O)O. The minimum atomic E-state index is -1.82. The van der Waals surface area contributed by atoms with Crippen LogP contribution < -0.4 is 14.8 Å². The Labute approximate surface area is 194 Å². The Hall–Kier alpha value is -3.76. The maximum absolute atomic E-state index is 9.10. The van der Waals surface area contributed by atoms with E-state index in [1.165, 1.54) is 0 Å². The van der Waals surface area contributed by atoms with E-state index < -0.39 is 11.9 Å². The summed E-state index contributed by atoms with van der Waals surface area (Å²) in [5.41, 5.74) is 3.01. The number of carboxylic acid groups (broad SMARTS) is 2. The van der Waals surface area contributed by atoms with Crippen LogP contribution in [0.3, 0.4) is 0 Å². The summed E-state index contributed by atoms with van der Waals surface area (Å²) in [5.74, 6) is -1.37. The van der Waals surface area contributed by atoms with Gasteiger partial charge in [0.25, 0.3) is 0 Å². The molecule has 1 aliphatic heterocycles. The Bertz CT molecular complexity index is 1120. The molecule has 33 heavy (non-hydrogen) atoms. The third-order valence-corrected chi connectivity index (χ3v) is 4.99. The second-order valence-electron chi connectivity index (χ2n) is 6.73. The zero-order valence-corrected chi connectivity index (χ0v) is 18.4. The first-order valence-corrected chi connectivity index (χ1v) is 10.2. The molecule has 0 radical (unpaired) electrons. The van der Waals surface area contributed by atoms with E-state index in [1.807, 2.05) is 48.7 Å². The van der Waals surface area contributed by atoms with Gasteiger partial charge in [0.1, 0.15) is 0 Å². The molecule has 174 valence electrons. The number of carboxylic acids is 2. The van der Waals surface area contributed by atoms with Gasteiger partial charge in [-0.1, -0.05) is 29.8 Å². The third kappa shape index (κ3) is 6.15. The number of ether oxygens (including phenoxy) is 3. The lowest BCUT2D eigenvalue weighted by molar-refractivity contribution is -0.159. The van der Waals surface area contributed by atoms with Gasteiger partial charge in [-0.2, -0.15) is 0 Å². The molecular weight excluding hydrogens is 454 g/mol. The van der Waals surface area contributed by atoms with Crippen molar-refractivity contribution in [3.8, 4) is 22.8 Å². The predicted octanol–water partition coefficient (Wildman–Crippen LogP) is 3.35. The summed E-state index contributed by atoms with van der Waals surface area (Å²) in [5, 5.41) is 18.9. The minimum absolute atomic E-state index is 0.256. The van der Waals surface area contributed by atoms with Gasteiger partial charge >= 0.3 is 11.9 Å².